The Labute approximate surface area is 262 Å². The molecule has 45 heavy (non-hydrogen) atoms. The van der Waals surface area contributed by atoms with Gasteiger partial charge in [-0.15, -0.1) is 0 Å². The van der Waals surface area contributed by atoms with Gasteiger partial charge in [0, 0.05) is 30.9 Å². The first kappa shape index (κ1) is 29.0. The van der Waals surface area contributed by atoms with E-state index >= 15 is 8.78 Å². The van der Waals surface area contributed by atoms with E-state index in [9.17, 15) is 5.11 Å². The van der Waals surface area contributed by atoms with E-state index in [1.165, 1.54) is 25.3 Å². The summed E-state index contributed by atoms with van der Waals surface area (Å²) < 4.78 is 38.4. The third-order valence-electron chi connectivity index (χ3n) is 11.2. The molecule has 4 fully saturated rings. The number of benzene rings is 2. The molecular weight excluding hydrogens is 572 g/mol. The highest BCUT2D eigenvalue weighted by molar-refractivity contribution is 6.01. The largest absolute Gasteiger partial charge is 0.461 e. The summed E-state index contributed by atoms with van der Waals surface area (Å²) in [5.41, 5.74) is 2.26. The third-order valence-corrected chi connectivity index (χ3v) is 11.2. The van der Waals surface area contributed by atoms with Crippen molar-refractivity contribution in [2.24, 2.45) is 11.8 Å². The fourth-order valence-corrected chi connectivity index (χ4v) is 9.10. The molecule has 3 unspecified atom stereocenters. The zero-order valence-electron chi connectivity index (χ0n) is 26.2. The predicted molar refractivity (Wildman–Crippen MR) is 172 cm³/mol. The molecule has 4 atom stereocenters. The van der Waals surface area contributed by atoms with E-state index in [0.717, 1.165) is 56.3 Å². The Hall–Kier alpha value is -3.43. The maximum atomic E-state index is 16.9. The highest BCUT2D eigenvalue weighted by Crippen LogP contribution is 2.44. The molecule has 0 spiro atoms. The van der Waals surface area contributed by atoms with Crippen LogP contribution in [0.4, 0.5) is 14.6 Å². The highest BCUT2D eigenvalue weighted by Gasteiger charge is 2.49. The number of anilines is 1. The maximum absolute atomic E-state index is 16.9. The standard InChI is InChI=1S/C36H41F2N5O2/c1-3-26-29(37)8-7-24-13-21(2)14-27(30(24)26)32-31(38)33-28(16-39-32)34(42-17-22-5-6-23(15-22)18-42)41-35(40-33)45-20-36-10-4-12-43(36)25(19-44)9-11-36/h7-8,13-14,16,22-23,25,44H,3-6,9-12,15,17-20H2,1-2H3/t22?,23?,25-,36?/m1/s1. The fraction of sp³-hybridized carbons (Fsp3) is 0.528. The molecule has 4 aliphatic rings. The van der Waals surface area contributed by atoms with E-state index in [2.05, 4.69) is 9.80 Å². The van der Waals surface area contributed by atoms with Crippen molar-refractivity contribution in [3.8, 4) is 17.3 Å². The number of aliphatic hydroxyl groups is 1. The number of hydrogen-bond donors (Lipinski definition) is 1. The number of aromatic nitrogens is 3. The van der Waals surface area contributed by atoms with Crippen LogP contribution in [0.25, 0.3) is 32.9 Å². The van der Waals surface area contributed by atoms with Crippen molar-refractivity contribution in [1.82, 2.24) is 19.9 Å². The molecule has 3 saturated heterocycles. The second-order valence-electron chi connectivity index (χ2n) is 13.9. The number of fused-ring (bicyclic) bond motifs is 5. The summed E-state index contributed by atoms with van der Waals surface area (Å²) >= 11 is 0. The average Bonchev–Trinajstić information content (AvgIpc) is 3.72. The Balaban J connectivity index is 1.26. The number of aryl methyl sites for hydroxylation is 2. The van der Waals surface area contributed by atoms with Crippen LogP contribution in [-0.4, -0.2) is 69.4 Å². The van der Waals surface area contributed by atoms with Crippen molar-refractivity contribution in [1.29, 1.82) is 0 Å². The summed E-state index contributed by atoms with van der Waals surface area (Å²) in [7, 11) is 0. The summed E-state index contributed by atoms with van der Waals surface area (Å²) in [6.45, 7) is 7.13. The monoisotopic (exact) mass is 613 g/mol. The van der Waals surface area contributed by atoms with Gasteiger partial charge in [0.1, 0.15) is 29.5 Å². The number of nitrogens with zero attached hydrogens (tertiary/aromatic N) is 5. The number of pyridine rings is 1. The second-order valence-corrected chi connectivity index (χ2v) is 13.9. The first-order chi connectivity index (χ1) is 21.9. The van der Waals surface area contributed by atoms with E-state index in [-0.39, 0.29) is 41.2 Å². The highest BCUT2D eigenvalue weighted by atomic mass is 19.1. The van der Waals surface area contributed by atoms with Gasteiger partial charge in [-0.3, -0.25) is 9.88 Å². The molecule has 1 N–H and O–H groups in total. The number of hydrogen-bond acceptors (Lipinski definition) is 7. The van der Waals surface area contributed by atoms with Gasteiger partial charge in [-0.1, -0.05) is 19.1 Å². The molecular formula is C36H41F2N5O2. The predicted octanol–water partition coefficient (Wildman–Crippen LogP) is 6.60. The van der Waals surface area contributed by atoms with Crippen molar-refractivity contribution in [3.05, 3.63) is 53.2 Å². The van der Waals surface area contributed by atoms with E-state index < -0.39 is 5.82 Å². The van der Waals surface area contributed by atoms with E-state index in [4.69, 9.17) is 19.7 Å². The van der Waals surface area contributed by atoms with E-state index in [1.807, 2.05) is 26.0 Å². The zero-order chi connectivity index (χ0) is 30.9. The molecule has 5 heterocycles. The van der Waals surface area contributed by atoms with Crippen LogP contribution in [0.2, 0.25) is 0 Å². The average molecular weight is 614 g/mol. The molecule has 9 heteroatoms. The minimum Gasteiger partial charge on any atom is -0.461 e. The number of halogens is 2. The number of rotatable bonds is 7. The Bertz CT molecular complexity index is 1790. The Morgan fingerprint density at radius 1 is 1.07 bits per heavy atom. The number of ether oxygens (including phenoxy) is 1. The quantitative estimate of drug-likeness (QED) is 0.252. The van der Waals surface area contributed by atoms with Gasteiger partial charge >= 0.3 is 6.01 Å². The van der Waals surface area contributed by atoms with Crippen LogP contribution in [0.15, 0.2) is 30.5 Å². The minimum atomic E-state index is -0.541. The smallest absolute Gasteiger partial charge is 0.319 e. The number of piperidine rings is 1. The van der Waals surface area contributed by atoms with E-state index in [0.29, 0.717) is 52.6 Å². The molecule has 1 saturated carbocycles. The van der Waals surface area contributed by atoms with Crippen LogP contribution >= 0.6 is 0 Å². The molecule has 2 aromatic carbocycles. The minimum absolute atomic E-state index is 0.147. The van der Waals surface area contributed by atoms with E-state index in [1.54, 1.807) is 12.3 Å². The summed E-state index contributed by atoms with van der Waals surface area (Å²) in [6, 6.07) is 7.47. The first-order valence-corrected chi connectivity index (χ1v) is 16.7. The van der Waals surface area contributed by atoms with Crippen LogP contribution in [0.3, 0.4) is 0 Å². The van der Waals surface area contributed by atoms with Crippen molar-refractivity contribution in [2.45, 2.75) is 76.8 Å². The molecule has 4 aromatic rings. The second kappa shape index (κ2) is 11.1. The Kier molecular flexibility index (Phi) is 7.17. The lowest BCUT2D eigenvalue weighted by atomic mass is 9.93. The van der Waals surface area contributed by atoms with Gasteiger partial charge in [0.05, 0.1) is 17.5 Å². The maximum Gasteiger partial charge on any atom is 0.319 e. The van der Waals surface area contributed by atoms with Crippen LogP contribution in [0.5, 0.6) is 6.01 Å². The van der Waals surface area contributed by atoms with Crippen LogP contribution in [0, 0.1) is 30.4 Å². The van der Waals surface area contributed by atoms with Crippen molar-refractivity contribution in [2.75, 3.05) is 37.7 Å². The lowest BCUT2D eigenvalue weighted by molar-refractivity contribution is 0.0644. The van der Waals surface area contributed by atoms with Crippen LogP contribution < -0.4 is 9.64 Å². The lowest BCUT2D eigenvalue weighted by Crippen LogP contribution is -2.47. The van der Waals surface area contributed by atoms with Crippen molar-refractivity contribution in [3.63, 3.8) is 0 Å². The fourth-order valence-electron chi connectivity index (χ4n) is 9.10. The van der Waals surface area contributed by atoms with Gasteiger partial charge in [-0.25, -0.2) is 8.78 Å². The molecule has 236 valence electrons. The first-order valence-electron chi connectivity index (χ1n) is 16.7. The van der Waals surface area contributed by atoms with Crippen molar-refractivity contribution < 1.29 is 18.6 Å². The molecule has 0 radical (unpaired) electrons. The molecule has 0 amide bonds. The van der Waals surface area contributed by atoms with Crippen LogP contribution in [0.1, 0.15) is 63.0 Å². The normalized spacial score (nSPS) is 26.3. The molecule has 1 aliphatic carbocycles. The zero-order valence-corrected chi connectivity index (χ0v) is 26.2. The SMILES string of the molecule is CCc1c(F)ccc2cc(C)cc(-c3ncc4c(N5CC6CCC(C6)C5)nc(OCC56CCCN5[C@@H](CO)CC6)nc4c3F)c12. The molecule has 8 rings (SSSR count). The molecule has 7 nitrogen and oxygen atoms in total. The summed E-state index contributed by atoms with van der Waals surface area (Å²) in [4.78, 5) is 19.1. The van der Waals surface area contributed by atoms with Gasteiger partial charge in [0.2, 0.25) is 0 Å². The Morgan fingerprint density at radius 2 is 1.89 bits per heavy atom. The van der Waals surface area contributed by atoms with Crippen LogP contribution in [-0.2, 0) is 6.42 Å². The van der Waals surface area contributed by atoms with Gasteiger partial charge < -0.3 is 14.7 Å². The lowest BCUT2D eigenvalue weighted by Gasteiger charge is -2.35. The topological polar surface area (TPSA) is 74.6 Å². The third kappa shape index (κ3) is 4.76. The van der Waals surface area contributed by atoms with Gasteiger partial charge in [0.25, 0.3) is 0 Å². The van der Waals surface area contributed by atoms with Gasteiger partial charge in [-0.05, 0) is 111 Å². The summed E-state index contributed by atoms with van der Waals surface area (Å²) in [5, 5.41) is 12.1. The van der Waals surface area contributed by atoms with Gasteiger partial charge in [0.15, 0.2) is 5.82 Å². The number of aliphatic hydroxyl groups excluding tert-OH is 1. The summed E-state index contributed by atoms with van der Waals surface area (Å²) in [5.74, 6) is 1.06. The molecule has 3 aliphatic heterocycles. The summed E-state index contributed by atoms with van der Waals surface area (Å²) in [6.07, 6.45) is 9.79. The molecule has 2 bridgehead atoms. The van der Waals surface area contributed by atoms with Crippen molar-refractivity contribution >= 4 is 27.5 Å². The Morgan fingerprint density at radius 3 is 2.67 bits per heavy atom. The molecule has 2 aromatic heterocycles. The van der Waals surface area contributed by atoms with Gasteiger partial charge in [-0.2, -0.15) is 9.97 Å².